The Labute approximate surface area is 174 Å². The first kappa shape index (κ1) is 20.9. The second kappa shape index (κ2) is 9.13. The highest BCUT2D eigenvalue weighted by Gasteiger charge is 2.21. The first-order chi connectivity index (χ1) is 13.9. The van der Waals surface area contributed by atoms with Crippen LogP contribution in [-0.4, -0.2) is 33.8 Å². The normalized spacial score (nSPS) is 12.0. The summed E-state index contributed by atoms with van der Waals surface area (Å²) in [5.74, 6) is 0.670. The van der Waals surface area contributed by atoms with E-state index >= 15 is 0 Å². The summed E-state index contributed by atoms with van der Waals surface area (Å²) in [6, 6.07) is 13.5. The van der Waals surface area contributed by atoms with E-state index in [9.17, 15) is 9.59 Å². The van der Waals surface area contributed by atoms with Gasteiger partial charge in [-0.25, -0.2) is 4.98 Å². The van der Waals surface area contributed by atoms with Crippen LogP contribution in [0.3, 0.4) is 0 Å². The molecule has 29 heavy (non-hydrogen) atoms. The summed E-state index contributed by atoms with van der Waals surface area (Å²) in [6.45, 7) is 5.44. The topological polar surface area (TPSA) is 73.2 Å². The molecule has 1 N–H and O–H groups in total. The van der Waals surface area contributed by atoms with Gasteiger partial charge in [-0.1, -0.05) is 30.3 Å². The molecule has 0 aliphatic carbocycles. The lowest BCUT2D eigenvalue weighted by atomic mass is 10.1. The summed E-state index contributed by atoms with van der Waals surface area (Å²) in [7, 11) is 0. The number of rotatable bonds is 7. The molecule has 0 bridgehead atoms. The summed E-state index contributed by atoms with van der Waals surface area (Å²) >= 11 is 1.63. The van der Waals surface area contributed by atoms with Crippen LogP contribution in [-0.2, 0) is 26.6 Å². The van der Waals surface area contributed by atoms with E-state index in [0.29, 0.717) is 5.75 Å². The molecule has 0 saturated heterocycles. The second-order valence-corrected chi connectivity index (χ2v) is 7.79. The highest BCUT2D eigenvalue weighted by atomic mass is 32.2. The number of benzene rings is 2. The Morgan fingerprint density at radius 2 is 1.83 bits per heavy atom. The summed E-state index contributed by atoms with van der Waals surface area (Å²) in [5, 5.41) is 2.87. The smallest absolute Gasteiger partial charge is 0.326 e. The zero-order valence-electron chi connectivity index (χ0n) is 17.1. The quantitative estimate of drug-likeness (QED) is 0.593. The average molecular weight is 412 g/mol. The number of imidazole rings is 1. The molecule has 2 aromatic carbocycles. The van der Waals surface area contributed by atoms with Gasteiger partial charge in [0.1, 0.15) is 12.4 Å². The molecular weight excluding hydrogens is 386 g/mol. The molecule has 1 aromatic heterocycles. The van der Waals surface area contributed by atoms with Gasteiger partial charge in [0.2, 0.25) is 0 Å². The SMILES string of the molecule is CSCc1nc2ccccc2n1CC(=O)O[C@@H](C)C(=O)Nc1c(C)cccc1C. The first-order valence-electron chi connectivity index (χ1n) is 9.40. The highest BCUT2D eigenvalue weighted by Crippen LogP contribution is 2.21. The number of esters is 1. The standard InChI is InChI=1S/C22H25N3O3S/c1-14-8-7-9-15(2)21(14)24-22(27)16(3)28-20(26)12-25-18-11-6-5-10-17(18)23-19(25)13-29-4/h5-11,16H,12-13H2,1-4H3,(H,24,27)/t16-/m0/s1. The molecule has 0 radical (unpaired) electrons. The van der Waals surface area contributed by atoms with E-state index < -0.39 is 12.1 Å². The van der Waals surface area contributed by atoms with Crippen LogP contribution < -0.4 is 5.32 Å². The van der Waals surface area contributed by atoms with Crippen molar-refractivity contribution in [3.63, 3.8) is 0 Å². The second-order valence-electron chi connectivity index (χ2n) is 6.92. The van der Waals surface area contributed by atoms with Crippen molar-refractivity contribution in [2.24, 2.45) is 0 Å². The predicted molar refractivity (Wildman–Crippen MR) is 117 cm³/mol. The van der Waals surface area contributed by atoms with E-state index in [1.165, 1.54) is 0 Å². The number of para-hydroxylation sites is 3. The molecule has 0 unspecified atom stereocenters. The van der Waals surface area contributed by atoms with Gasteiger partial charge in [0, 0.05) is 5.69 Å². The molecule has 3 aromatic rings. The van der Waals surface area contributed by atoms with Crippen molar-refractivity contribution < 1.29 is 14.3 Å². The lowest BCUT2D eigenvalue weighted by Crippen LogP contribution is -2.31. The monoisotopic (exact) mass is 411 g/mol. The van der Waals surface area contributed by atoms with Crippen molar-refractivity contribution in [2.45, 2.75) is 39.2 Å². The van der Waals surface area contributed by atoms with Gasteiger partial charge in [-0.15, -0.1) is 0 Å². The van der Waals surface area contributed by atoms with Gasteiger partial charge in [0.25, 0.3) is 5.91 Å². The van der Waals surface area contributed by atoms with Crippen molar-refractivity contribution in [3.05, 3.63) is 59.4 Å². The van der Waals surface area contributed by atoms with E-state index in [-0.39, 0.29) is 12.5 Å². The Hall–Kier alpha value is -2.80. The van der Waals surface area contributed by atoms with Gasteiger partial charge >= 0.3 is 5.97 Å². The molecular formula is C22H25N3O3S. The number of thioether (sulfide) groups is 1. The van der Waals surface area contributed by atoms with Gasteiger partial charge in [-0.3, -0.25) is 9.59 Å². The lowest BCUT2D eigenvalue weighted by molar-refractivity contribution is -0.153. The molecule has 1 atom stereocenters. The number of carbonyl (C=O) groups is 2. The molecule has 7 heteroatoms. The summed E-state index contributed by atoms with van der Waals surface area (Å²) in [6.07, 6.45) is 1.09. The van der Waals surface area contributed by atoms with Crippen molar-refractivity contribution in [1.29, 1.82) is 0 Å². The Morgan fingerprint density at radius 3 is 2.52 bits per heavy atom. The highest BCUT2D eigenvalue weighted by molar-refractivity contribution is 7.97. The Kier molecular flexibility index (Phi) is 6.59. The largest absolute Gasteiger partial charge is 0.451 e. The number of aromatic nitrogens is 2. The number of aryl methyl sites for hydroxylation is 2. The minimum absolute atomic E-state index is 0.0113. The number of amides is 1. The third-order valence-corrected chi connectivity index (χ3v) is 5.25. The molecule has 0 aliphatic rings. The average Bonchev–Trinajstić information content (AvgIpc) is 3.02. The van der Waals surface area contributed by atoms with Gasteiger partial charge < -0.3 is 14.6 Å². The van der Waals surface area contributed by atoms with E-state index in [2.05, 4.69) is 10.3 Å². The van der Waals surface area contributed by atoms with Crippen molar-refractivity contribution in [3.8, 4) is 0 Å². The van der Waals surface area contributed by atoms with Crippen LogP contribution in [0, 0.1) is 13.8 Å². The molecule has 1 amide bonds. The van der Waals surface area contributed by atoms with E-state index in [4.69, 9.17) is 4.74 Å². The fourth-order valence-electron chi connectivity index (χ4n) is 3.19. The van der Waals surface area contributed by atoms with Crippen LogP contribution in [0.4, 0.5) is 5.69 Å². The van der Waals surface area contributed by atoms with E-state index in [1.54, 1.807) is 18.7 Å². The number of anilines is 1. The number of hydrogen-bond acceptors (Lipinski definition) is 5. The molecule has 0 spiro atoms. The first-order valence-corrected chi connectivity index (χ1v) is 10.8. The predicted octanol–water partition coefficient (Wildman–Crippen LogP) is 4.09. The Bertz CT molecular complexity index is 1020. The van der Waals surface area contributed by atoms with Gasteiger partial charge in [-0.05, 0) is 50.3 Å². The van der Waals surface area contributed by atoms with Crippen LogP contribution >= 0.6 is 11.8 Å². The van der Waals surface area contributed by atoms with E-state index in [0.717, 1.165) is 33.7 Å². The fourth-order valence-corrected chi connectivity index (χ4v) is 3.67. The van der Waals surface area contributed by atoms with Crippen LogP contribution in [0.2, 0.25) is 0 Å². The van der Waals surface area contributed by atoms with Crippen molar-refractivity contribution >= 4 is 40.4 Å². The third kappa shape index (κ3) is 4.79. The van der Waals surface area contributed by atoms with Crippen molar-refractivity contribution in [2.75, 3.05) is 11.6 Å². The van der Waals surface area contributed by atoms with Crippen LogP contribution in [0.15, 0.2) is 42.5 Å². The number of ether oxygens (including phenoxy) is 1. The maximum atomic E-state index is 12.6. The minimum atomic E-state index is -0.903. The van der Waals surface area contributed by atoms with Crippen LogP contribution in [0.1, 0.15) is 23.9 Å². The zero-order chi connectivity index (χ0) is 21.0. The molecule has 0 aliphatic heterocycles. The minimum Gasteiger partial charge on any atom is -0.451 e. The molecule has 0 fully saturated rings. The van der Waals surface area contributed by atoms with Gasteiger partial charge in [0.15, 0.2) is 6.10 Å². The third-order valence-electron chi connectivity index (χ3n) is 4.70. The van der Waals surface area contributed by atoms with Crippen LogP contribution in [0.5, 0.6) is 0 Å². The molecule has 152 valence electrons. The molecule has 6 nitrogen and oxygen atoms in total. The number of hydrogen-bond donors (Lipinski definition) is 1. The molecule has 3 rings (SSSR count). The van der Waals surface area contributed by atoms with Crippen LogP contribution in [0.25, 0.3) is 11.0 Å². The van der Waals surface area contributed by atoms with Gasteiger partial charge in [-0.2, -0.15) is 11.8 Å². The number of fused-ring (bicyclic) bond motifs is 1. The van der Waals surface area contributed by atoms with Gasteiger partial charge in [0.05, 0.1) is 16.8 Å². The maximum absolute atomic E-state index is 12.6. The Balaban J connectivity index is 1.70. The number of nitrogens with zero attached hydrogens (tertiary/aromatic N) is 2. The summed E-state index contributed by atoms with van der Waals surface area (Å²) in [4.78, 5) is 29.7. The summed E-state index contributed by atoms with van der Waals surface area (Å²) in [5.41, 5.74) is 4.39. The zero-order valence-corrected chi connectivity index (χ0v) is 17.9. The number of nitrogens with one attached hydrogen (secondary N) is 1. The lowest BCUT2D eigenvalue weighted by Gasteiger charge is -2.17. The van der Waals surface area contributed by atoms with E-state index in [1.807, 2.05) is 67.1 Å². The summed E-state index contributed by atoms with van der Waals surface area (Å²) < 4.78 is 7.26. The fraction of sp³-hybridized carbons (Fsp3) is 0.318. The molecule has 0 saturated carbocycles. The maximum Gasteiger partial charge on any atom is 0.326 e. The molecule has 1 heterocycles. The van der Waals surface area contributed by atoms with Crippen molar-refractivity contribution in [1.82, 2.24) is 9.55 Å². The Morgan fingerprint density at radius 1 is 1.14 bits per heavy atom. The number of carbonyl (C=O) groups excluding carboxylic acids is 2.